The summed E-state index contributed by atoms with van der Waals surface area (Å²) in [5.74, 6) is 0.584. The van der Waals surface area contributed by atoms with Crippen molar-refractivity contribution in [2.24, 2.45) is 0 Å². The fraction of sp³-hybridized carbons (Fsp3) is 0.190. The molecule has 1 amide bonds. The molecule has 0 aliphatic carbocycles. The molecule has 0 atom stereocenters. The molecular weight excluding hydrogens is 333 g/mol. The number of anilines is 1. The van der Waals surface area contributed by atoms with Crippen LogP contribution in [0.15, 0.2) is 54.3 Å². The van der Waals surface area contributed by atoms with Gasteiger partial charge in [0.1, 0.15) is 22.9 Å². The first kappa shape index (κ1) is 16.4. The van der Waals surface area contributed by atoms with E-state index >= 15 is 0 Å². The van der Waals surface area contributed by atoms with Gasteiger partial charge in [0, 0.05) is 11.1 Å². The molecule has 2 heterocycles. The third-order valence-electron chi connectivity index (χ3n) is 4.66. The fourth-order valence-electron chi connectivity index (χ4n) is 3.38. The third-order valence-corrected chi connectivity index (χ3v) is 4.66. The highest BCUT2D eigenvalue weighted by atomic mass is 19.1. The van der Waals surface area contributed by atoms with E-state index in [-0.39, 0.29) is 5.91 Å². The second-order valence-corrected chi connectivity index (χ2v) is 6.78. The SMILES string of the molecule is COc1ccc(C2=CC(=C3C(=O)Nc4cc(F)ccc43)OC2(C)C)cc1. The number of rotatable bonds is 2. The number of carbonyl (C=O) groups excluding carboxylic acids is 1. The third kappa shape index (κ3) is 2.56. The van der Waals surface area contributed by atoms with Crippen molar-refractivity contribution in [3.8, 4) is 5.75 Å². The molecule has 5 heteroatoms. The van der Waals surface area contributed by atoms with E-state index in [0.717, 1.165) is 16.9 Å². The zero-order valence-electron chi connectivity index (χ0n) is 14.7. The van der Waals surface area contributed by atoms with E-state index < -0.39 is 11.4 Å². The molecule has 132 valence electrons. The minimum absolute atomic E-state index is 0.288. The zero-order valence-corrected chi connectivity index (χ0v) is 14.7. The number of amides is 1. The van der Waals surface area contributed by atoms with Crippen molar-refractivity contribution in [1.82, 2.24) is 0 Å². The lowest BCUT2D eigenvalue weighted by atomic mass is 9.92. The first-order valence-electron chi connectivity index (χ1n) is 8.30. The summed E-state index contributed by atoms with van der Waals surface area (Å²) < 4.78 is 24.8. The largest absolute Gasteiger partial charge is 0.497 e. The summed E-state index contributed by atoms with van der Waals surface area (Å²) in [4.78, 5) is 12.5. The van der Waals surface area contributed by atoms with E-state index in [0.29, 0.717) is 22.6 Å². The predicted octanol–water partition coefficient (Wildman–Crippen LogP) is 4.39. The van der Waals surface area contributed by atoms with Gasteiger partial charge in [0.2, 0.25) is 0 Å². The van der Waals surface area contributed by atoms with Gasteiger partial charge in [-0.1, -0.05) is 12.1 Å². The van der Waals surface area contributed by atoms with E-state index in [1.807, 2.05) is 44.2 Å². The number of halogens is 1. The molecule has 26 heavy (non-hydrogen) atoms. The highest BCUT2D eigenvalue weighted by Gasteiger charge is 2.37. The average Bonchev–Trinajstić information content (AvgIpc) is 3.09. The molecule has 0 radical (unpaired) electrons. The quantitative estimate of drug-likeness (QED) is 0.817. The van der Waals surface area contributed by atoms with Gasteiger partial charge in [-0.15, -0.1) is 0 Å². The van der Waals surface area contributed by atoms with Gasteiger partial charge < -0.3 is 14.8 Å². The highest BCUT2D eigenvalue weighted by Crippen LogP contribution is 2.44. The standard InChI is InChI=1S/C21H18FNO3/c1-21(2)16(12-4-7-14(25-3)8-5-12)11-18(26-21)19-15-9-6-13(22)10-17(15)23-20(19)24/h4-11H,1-3H3,(H,23,24). The molecule has 0 saturated carbocycles. The van der Waals surface area contributed by atoms with Crippen molar-refractivity contribution in [2.45, 2.75) is 19.4 Å². The van der Waals surface area contributed by atoms with Crippen LogP contribution in [-0.2, 0) is 9.53 Å². The van der Waals surface area contributed by atoms with Crippen LogP contribution in [0.25, 0.3) is 11.1 Å². The van der Waals surface area contributed by atoms with Gasteiger partial charge >= 0.3 is 0 Å². The Labute approximate surface area is 150 Å². The van der Waals surface area contributed by atoms with Crippen LogP contribution in [-0.4, -0.2) is 18.6 Å². The van der Waals surface area contributed by atoms with E-state index in [1.54, 1.807) is 13.2 Å². The average molecular weight is 351 g/mol. The summed E-state index contributed by atoms with van der Waals surface area (Å²) in [6.07, 6.45) is 1.88. The fourth-order valence-corrected chi connectivity index (χ4v) is 3.38. The van der Waals surface area contributed by atoms with Gasteiger partial charge in [-0.3, -0.25) is 4.79 Å². The number of benzene rings is 2. The van der Waals surface area contributed by atoms with E-state index in [9.17, 15) is 9.18 Å². The Balaban J connectivity index is 1.82. The van der Waals surface area contributed by atoms with Gasteiger partial charge in [0.25, 0.3) is 5.91 Å². The number of allylic oxidation sites excluding steroid dienone is 1. The molecule has 0 spiro atoms. The number of nitrogens with one attached hydrogen (secondary N) is 1. The summed E-state index contributed by atoms with van der Waals surface area (Å²) in [7, 11) is 1.62. The summed E-state index contributed by atoms with van der Waals surface area (Å²) in [5.41, 5.74) is 2.89. The van der Waals surface area contributed by atoms with Crippen LogP contribution in [0.4, 0.5) is 10.1 Å². The highest BCUT2D eigenvalue weighted by molar-refractivity contribution is 6.32. The molecule has 4 nitrogen and oxygen atoms in total. The normalized spacial score (nSPS) is 20.3. The molecular formula is C21H18FNO3. The predicted molar refractivity (Wildman–Crippen MR) is 98.1 cm³/mol. The number of ether oxygens (including phenoxy) is 2. The number of hydrogen-bond donors (Lipinski definition) is 1. The number of fused-ring (bicyclic) bond motifs is 1. The van der Waals surface area contributed by atoms with E-state index in [1.165, 1.54) is 12.1 Å². The maximum Gasteiger partial charge on any atom is 0.260 e. The molecule has 1 N–H and O–H groups in total. The van der Waals surface area contributed by atoms with Gasteiger partial charge in [-0.2, -0.15) is 0 Å². The van der Waals surface area contributed by atoms with Crippen LogP contribution >= 0.6 is 0 Å². The Bertz CT molecular complexity index is 971. The van der Waals surface area contributed by atoms with Crippen molar-refractivity contribution >= 4 is 22.7 Å². The van der Waals surface area contributed by atoms with Crippen LogP contribution in [0.1, 0.15) is 25.0 Å². The van der Waals surface area contributed by atoms with E-state index in [2.05, 4.69) is 5.32 Å². The lowest BCUT2D eigenvalue weighted by Crippen LogP contribution is -2.21. The van der Waals surface area contributed by atoms with Crippen LogP contribution < -0.4 is 10.1 Å². The molecule has 2 aliphatic rings. The first-order chi connectivity index (χ1) is 12.4. The number of carbonyl (C=O) groups is 1. The smallest absolute Gasteiger partial charge is 0.260 e. The maximum atomic E-state index is 13.4. The molecule has 4 rings (SSSR count). The Kier molecular flexibility index (Phi) is 3.61. The van der Waals surface area contributed by atoms with Gasteiger partial charge in [0.05, 0.1) is 18.4 Å². The molecule has 0 bridgehead atoms. The lowest BCUT2D eigenvalue weighted by Gasteiger charge is -2.23. The molecule has 0 aromatic heterocycles. The van der Waals surface area contributed by atoms with Gasteiger partial charge in [0.15, 0.2) is 0 Å². The maximum absolute atomic E-state index is 13.4. The zero-order chi connectivity index (χ0) is 18.5. The Morgan fingerprint density at radius 3 is 2.54 bits per heavy atom. The van der Waals surface area contributed by atoms with Gasteiger partial charge in [-0.05, 0) is 55.8 Å². The topological polar surface area (TPSA) is 47.6 Å². The lowest BCUT2D eigenvalue weighted by molar-refractivity contribution is -0.111. The second kappa shape index (κ2) is 5.73. The molecule has 2 aromatic carbocycles. The van der Waals surface area contributed by atoms with Crippen LogP contribution in [0.2, 0.25) is 0 Å². The Morgan fingerprint density at radius 1 is 1.12 bits per heavy atom. The first-order valence-corrected chi connectivity index (χ1v) is 8.30. The van der Waals surface area contributed by atoms with E-state index in [4.69, 9.17) is 9.47 Å². The summed E-state index contributed by atoms with van der Waals surface area (Å²) in [5, 5.41) is 2.70. The van der Waals surface area contributed by atoms with Crippen LogP contribution in [0.5, 0.6) is 5.75 Å². The van der Waals surface area contributed by atoms with Crippen molar-refractivity contribution in [1.29, 1.82) is 0 Å². The van der Waals surface area contributed by atoms with Crippen molar-refractivity contribution in [3.63, 3.8) is 0 Å². The Morgan fingerprint density at radius 2 is 1.85 bits per heavy atom. The number of hydrogen-bond acceptors (Lipinski definition) is 3. The molecule has 0 saturated heterocycles. The second-order valence-electron chi connectivity index (χ2n) is 6.78. The minimum Gasteiger partial charge on any atom is -0.497 e. The molecule has 2 aliphatic heterocycles. The monoisotopic (exact) mass is 351 g/mol. The molecule has 2 aromatic rings. The van der Waals surface area contributed by atoms with Crippen LogP contribution in [0.3, 0.4) is 0 Å². The summed E-state index contributed by atoms with van der Waals surface area (Å²) >= 11 is 0. The Hall–Kier alpha value is -3.08. The summed E-state index contributed by atoms with van der Waals surface area (Å²) in [6.45, 7) is 3.91. The van der Waals surface area contributed by atoms with Crippen molar-refractivity contribution in [2.75, 3.05) is 12.4 Å². The van der Waals surface area contributed by atoms with Gasteiger partial charge in [-0.25, -0.2) is 4.39 Å². The molecule has 0 unspecified atom stereocenters. The summed E-state index contributed by atoms with van der Waals surface area (Å²) in [6, 6.07) is 11.9. The van der Waals surface area contributed by atoms with Crippen molar-refractivity contribution in [3.05, 3.63) is 71.2 Å². The van der Waals surface area contributed by atoms with Crippen molar-refractivity contribution < 1.29 is 18.7 Å². The molecule has 0 fully saturated rings. The van der Waals surface area contributed by atoms with Crippen LogP contribution in [0, 0.1) is 5.82 Å². The minimum atomic E-state index is -0.597. The number of methoxy groups -OCH3 is 1.